The summed E-state index contributed by atoms with van der Waals surface area (Å²) in [6.45, 7) is 1.78. The van der Waals surface area contributed by atoms with Crippen molar-refractivity contribution in [1.82, 2.24) is 10.3 Å². The Kier molecular flexibility index (Phi) is 3.43. The van der Waals surface area contributed by atoms with Gasteiger partial charge in [0.2, 0.25) is 5.91 Å². The topological polar surface area (TPSA) is 88.0 Å². The summed E-state index contributed by atoms with van der Waals surface area (Å²) in [5.41, 5.74) is 6.53. The molecule has 4 N–H and O–H groups in total. The second-order valence-electron chi connectivity index (χ2n) is 4.22. The maximum atomic E-state index is 11.8. The number of hydrogen-bond acceptors (Lipinski definition) is 3. The van der Waals surface area contributed by atoms with Gasteiger partial charge < -0.3 is 16.0 Å². The molecule has 5 nitrogen and oxygen atoms in total. The van der Waals surface area contributed by atoms with E-state index in [-0.39, 0.29) is 18.0 Å². The Morgan fingerprint density at radius 2 is 2.17 bits per heavy atom. The van der Waals surface area contributed by atoms with Crippen LogP contribution in [0.1, 0.15) is 12.5 Å². The predicted molar refractivity (Wildman–Crippen MR) is 70.1 cm³/mol. The van der Waals surface area contributed by atoms with Crippen molar-refractivity contribution in [2.75, 3.05) is 0 Å². The Morgan fingerprint density at radius 1 is 1.44 bits per heavy atom. The van der Waals surface area contributed by atoms with Crippen LogP contribution in [0.15, 0.2) is 35.1 Å². The fourth-order valence-corrected chi connectivity index (χ4v) is 1.67. The van der Waals surface area contributed by atoms with Crippen LogP contribution in [0, 0.1) is 0 Å². The Labute approximate surface area is 104 Å². The zero-order valence-corrected chi connectivity index (χ0v) is 10.1. The lowest BCUT2D eigenvalue weighted by molar-refractivity contribution is -0.122. The molecule has 2 aromatic rings. The molecule has 0 aliphatic carbocycles. The van der Waals surface area contributed by atoms with E-state index >= 15 is 0 Å². The highest BCUT2D eigenvalue weighted by atomic mass is 16.2. The van der Waals surface area contributed by atoms with Crippen molar-refractivity contribution in [2.45, 2.75) is 19.5 Å². The summed E-state index contributed by atoms with van der Waals surface area (Å²) in [5.74, 6) is -0.275. The third kappa shape index (κ3) is 2.57. The van der Waals surface area contributed by atoms with Gasteiger partial charge >= 0.3 is 0 Å². The van der Waals surface area contributed by atoms with Gasteiger partial charge in [-0.3, -0.25) is 9.59 Å². The van der Waals surface area contributed by atoms with Crippen molar-refractivity contribution in [2.24, 2.45) is 5.73 Å². The minimum Gasteiger partial charge on any atom is -0.350 e. The molecule has 0 aliphatic heterocycles. The van der Waals surface area contributed by atoms with Gasteiger partial charge in [0, 0.05) is 17.6 Å². The lowest BCUT2D eigenvalue weighted by atomic mass is 10.1. The van der Waals surface area contributed by atoms with E-state index in [1.807, 2.05) is 24.3 Å². The number of hydrogen-bond donors (Lipinski definition) is 3. The van der Waals surface area contributed by atoms with E-state index in [9.17, 15) is 9.59 Å². The van der Waals surface area contributed by atoms with E-state index in [4.69, 9.17) is 5.73 Å². The number of pyridine rings is 1. The molecule has 0 fully saturated rings. The van der Waals surface area contributed by atoms with Crippen LogP contribution in [0.3, 0.4) is 0 Å². The molecule has 0 spiro atoms. The first-order valence-corrected chi connectivity index (χ1v) is 5.72. The molecule has 18 heavy (non-hydrogen) atoms. The van der Waals surface area contributed by atoms with Gasteiger partial charge in [0.05, 0.1) is 6.04 Å². The van der Waals surface area contributed by atoms with Gasteiger partial charge in [-0.05, 0) is 24.4 Å². The van der Waals surface area contributed by atoms with Crippen molar-refractivity contribution in [3.8, 4) is 0 Å². The predicted octanol–water partition coefficient (Wildman–Crippen LogP) is 0.491. The first-order valence-electron chi connectivity index (χ1n) is 5.72. The molecule has 0 saturated heterocycles. The first-order chi connectivity index (χ1) is 8.58. The number of aromatic amines is 1. The Bertz CT molecular complexity index is 631. The SMILES string of the molecule is CC(N)C(=O)NCc1cc2ccccc2[nH]c1=O. The van der Waals surface area contributed by atoms with E-state index in [1.54, 1.807) is 13.0 Å². The molecule has 1 aromatic carbocycles. The number of nitrogens with two attached hydrogens (primary N) is 1. The van der Waals surface area contributed by atoms with Gasteiger partial charge in [-0.1, -0.05) is 18.2 Å². The van der Waals surface area contributed by atoms with Crippen molar-refractivity contribution in [3.63, 3.8) is 0 Å². The van der Waals surface area contributed by atoms with Crippen LogP contribution >= 0.6 is 0 Å². The second kappa shape index (κ2) is 5.01. The van der Waals surface area contributed by atoms with E-state index in [0.717, 1.165) is 10.9 Å². The summed E-state index contributed by atoms with van der Waals surface area (Å²) in [6.07, 6.45) is 0. The largest absolute Gasteiger partial charge is 0.350 e. The minimum atomic E-state index is -0.579. The lowest BCUT2D eigenvalue weighted by Crippen LogP contribution is -2.38. The number of H-pyrrole nitrogens is 1. The standard InChI is InChI=1S/C13H15N3O2/c1-8(14)12(17)15-7-10-6-9-4-2-3-5-11(9)16-13(10)18/h2-6,8H,7,14H2,1H3,(H,15,17)(H,16,18). The number of amides is 1. The van der Waals surface area contributed by atoms with Gasteiger partial charge in [-0.2, -0.15) is 0 Å². The average molecular weight is 245 g/mol. The molecular weight excluding hydrogens is 230 g/mol. The van der Waals surface area contributed by atoms with Gasteiger partial charge in [-0.25, -0.2) is 0 Å². The molecule has 1 amide bonds. The fraction of sp³-hybridized carbons (Fsp3) is 0.231. The number of nitrogens with one attached hydrogen (secondary N) is 2. The Morgan fingerprint density at radius 3 is 2.89 bits per heavy atom. The normalized spacial score (nSPS) is 12.3. The first kappa shape index (κ1) is 12.3. The second-order valence-corrected chi connectivity index (χ2v) is 4.22. The van der Waals surface area contributed by atoms with E-state index in [0.29, 0.717) is 5.56 Å². The van der Waals surface area contributed by atoms with E-state index in [2.05, 4.69) is 10.3 Å². The number of carbonyl (C=O) groups excluding carboxylic acids is 1. The summed E-state index contributed by atoms with van der Waals surface area (Å²) >= 11 is 0. The molecule has 0 bridgehead atoms. The molecule has 0 aliphatic rings. The molecule has 2 rings (SSSR count). The molecule has 5 heteroatoms. The summed E-state index contributed by atoms with van der Waals surface area (Å²) < 4.78 is 0. The number of fused-ring (bicyclic) bond motifs is 1. The van der Waals surface area contributed by atoms with Crippen molar-refractivity contribution in [3.05, 3.63) is 46.2 Å². The van der Waals surface area contributed by atoms with Gasteiger partial charge in [-0.15, -0.1) is 0 Å². The third-order valence-corrected chi connectivity index (χ3v) is 2.70. The molecule has 1 unspecified atom stereocenters. The molecule has 1 heterocycles. The zero-order valence-electron chi connectivity index (χ0n) is 10.1. The highest BCUT2D eigenvalue weighted by Gasteiger charge is 2.08. The maximum absolute atomic E-state index is 11.8. The molecule has 0 saturated carbocycles. The number of carbonyl (C=O) groups is 1. The van der Waals surface area contributed by atoms with Crippen LogP contribution in [0.5, 0.6) is 0 Å². The van der Waals surface area contributed by atoms with E-state index < -0.39 is 6.04 Å². The van der Waals surface area contributed by atoms with E-state index in [1.165, 1.54) is 0 Å². The van der Waals surface area contributed by atoms with Crippen LogP contribution in [0.25, 0.3) is 10.9 Å². The molecular formula is C13H15N3O2. The quantitative estimate of drug-likeness (QED) is 0.735. The highest BCUT2D eigenvalue weighted by Crippen LogP contribution is 2.09. The number of para-hydroxylation sites is 1. The average Bonchev–Trinajstić information content (AvgIpc) is 2.35. The number of benzene rings is 1. The monoisotopic (exact) mass is 245 g/mol. The van der Waals surface area contributed by atoms with Crippen molar-refractivity contribution >= 4 is 16.8 Å². The third-order valence-electron chi connectivity index (χ3n) is 2.70. The summed E-state index contributed by atoms with van der Waals surface area (Å²) in [7, 11) is 0. The Balaban J connectivity index is 2.26. The highest BCUT2D eigenvalue weighted by molar-refractivity contribution is 5.81. The summed E-state index contributed by atoms with van der Waals surface area (Å²) in [4.78, 5) is 25.9. The molecule has 0 radical (unpaired) electrons. The van der Waals surface area contributed by atoms with Gasteiger partial charge in [0.25, 0.3) is 5.56 Å². The summed E-state index contributed by atoms with van der Waals surface area (Å²) in [6, 6.07) is 8.68. The Hall–Kier alpha value is -2.14. The minimum absolute atomic E-state index is 0.181. The molecule has 1 atom stereocenters. The summed E-state index contributed by atoms with van der Waals surface area (Å²) in [5, 5.41) is 3.55. The van der Waals surface area contributed by atoms with Crippen LogP contribution in [0.4, 0.5) is 0 Å². The van der Waals surface area contributed by atoms with Gasteiger partial charge in [0.1, 0.15) is 0 Å². The number of aromatic nitrogens is 1. The van der Waals surface area contributed by atoms with Crippen molar-refractivity contribution < 1.29 is 4.79 Å². The van der Waals surface area contributed by atoms with Crippen LogP contribution < -0.4 is 16.6 Å². The number of rotatable bonds is 3. The lowest BCUT2D eigenvalue weighted by Gasteiger charge is -2.07. The van der Waals surface area contributed by atoms with Gasteiger partial charge in [0.15, 0.2) is 0 Å². The fourth-order valence-electron chi connectivity index (χ4n) is 1.67. The zero-order chi connectivity index (χ0) is 13.1. The van der Waals surface area contributed by atoms with Crippen LogP contribution in [0.2, 0.25) is 0 Å². The van der Waals surface area contributed by atoms with Crippen LogP contribution in [-0.4, -0.2) is 16.9 Å². The molecule has 94 valence electrons. The molecule has 1 aromatic heterocycles. The maximum Gasteiger partial charge on any atom is 0.253 e. The smallest absolute Gasteiger partial charge is 0.253 e. The van der Waals surface area contributed by atoms with Crippen LogP contribution in [-0.2, 0) is 11.3 Å². The van der Waals surface area contributed by atoms with Crippen molar-refractivity contribution in [1.29, 1.82) is 0 Å².